The first-order chi connectivity index (χ1) is 8.95. The molecule has 116 valence electrons. The fourth-order valence-corrected chi connectivity index (χ4v) is 4.27. The SMILES string of the molecule is CCCC[N+](CCC)(CCC)CCC[Si](C)(C)OC. The van der Waals surface area contributed by atoms with Crippen LogP contribution in [0.4, 0.5) is 0 Å². The lowest BCUT2D eigenvalue weighted by Crippen LogP contribution is -2.50. The largest absolute Gasteiger partial charge is 0.420 e. The number of rotatable bonds is 12. The van der Waals surface area contributed by atoms with Gasteiger partial charge in [0, 0.05) is 7.11 Å². The van der Waals surface area contributed by atoms with Crippen LogP contribution in [0.2, 0.25) is 19.1 Å². The summed E-state index contributed by atoms with van der Waals surface area (Å²) in [4.78, 5) is 0. The Morgan fingerprint density at radius 3 is 1.74 bits per heavy atom. The Kier molecular flexibility index (Phi) is 10.0. The lowest BCUT2D eigenvalue weighted by atomic mass is 10.2. The molecule has 0 unspecified atom stereocenters. The number of unbranched alkanes of at least 4 members (excludes halogenated alkanes) is 1. The van der Waals surface area contributed by atoms with Gasteiger partial charge in [-0.05, 0) is 44.8 Å². The zero-order valence-corrected chi connectivity index (χ0v) is 15.4. The smallest absolute Gasteiger partial charge is 0.186 e. The third-order valence-corrected chi connectivity index (χ3v) is 7.01. The second kappa shape index (κ2) is 9.95. The summed E-state index contributed by atoms with van der Waals surface area (Å²) >= 11 is 0. The molecule has 0 aliphatic carbocycles. The molecule has 0 saturated carbocycles. The predicted octanol–water partition coefficient (Wildman–Crippen LogP) is 4.66. The van der Waals surface area contributed by atoms with E-state index < -0.39 is 8.32 Å². The molecular weight excluding hydrogens is 250 g/mol. The van der Waals surface area contributed by atoms with Gasteiger partial charge < -0.3 is 8.91 Å². The first kappa shape index (κ1) is 19.1. The molecule has 0 N–H and O–H groups in total. The van der Waals surface area contributed by atoms with Crippen LogP contribution in [0.25, 0.3) is 0 Å². The van der Waals surface area contributed by atoms with Gasteiger partial charge in [0.05, 0.1) is 26.2 Å². The molecule has 0 saturated heterocycles. The van der Waals surface area contributed by atoms with Gasteiger partial charge in [-0.2, -0.15) is 0 Å². The Bertz CT molecular complexity index is 213. The van der Waals surface area contributed by atoms with Gasteiger partial charge in [0.25, 0.3) is 0 Å². The predicted molar refractivity (Wildman–Crippen MR) is 89.1 cm³/mol. The molecule has 0 fully saturated rings. The minimum atomic E-state index is -1.36. The number of nitrogens with zero attached hydrogens (tertiary/aromatic N) is 1. The summed E-state index contributed by atoms with van der Waals surface area (Å²) in [5.74, 6) is 0. The van der Waals surface area contributed by atoms with Crippen molar-refractivity contribution in [2.45, 2.75) is 72.0 Å². The van der Waals surface area contributed by atoms with E-state index in [0.717, 1.165) is 0 Å². The molecule has 2 nitrogen and oxygen atoms in total. The summed E-state index contributed by atoms with van der Waals surface area (Å²) in [6.07, 6.45) is 6.68. The highest BCUT2D eigenvalue weighted by molar-refractivity contribution is 6.71. The minimum absolute atomic E-state index is 1.31. The lowest BCUT2D eigenvalue weighted by Gasteiger charge is -2.39. The third-order valence-electron chi connectivity index (χ3n) is 4.35. The normalized spacial score (nSPS) is 12.9. The van der Waals surface area contributed by atoms with Gasteiger partial charge in [-0.1, -0.05) is 27.2 Å². The van der Waals surface area contributed by atoms with Crippen molar-refractivity contribution in [3.63, 3.8) is 0 Å². The van der Waals surface area contributed by atoms with Gasteiger partial charge in [-0.25, -0.2) is 0 Å². The van der Waals surface area contributed by atoms with Crippen molar-refractivity contribution in [2.75, 3.05) is 33.3 Å². The minimum Gasteiger partial charge on any atom is -0.420 e. The van der Waals surface area contributed by atoms with Gasteiger partial charge >= 0.3 is 0 Å². The summed E-state index contributed by atoms with van der Waals surface area (Å²) in [6.45, 7) is 17.1. The molecule has 0 rings (SSSR count). The van der Waals surface area contributed by atoms with Crippen LogP contribution in [0.5, 0.6) is 0 Å². The molecule has 0 aliphatic heterocycles. The van der Waals surface area contributed by atoms with Crippen LogP contribution < -0.4 is 0 Å². The summed E-state index contributed by atoms with van der Waals surface area (Å²) in [5, 5.41) is 0. The standard InChI is InChI=1S/C16H38NOSi/c1-7-10-14-17(12-8-2,13-9-3)15-11-16-19(5,6)18-4/h7-16H2,1-6H3/q+1. The Balaban J connectivity index is 4.45. The zero-order valence-electron chi connectivity index (χ0n) is 14.4. The van der Waals surface area contributed by atoms with E-state index in [4.69, 9.17) is 4.43 Å². The van der Waals surface area contributed by atoms with Crippen LogP contribution >= 0.6 is 0 Å². The highest BCUT2D eigenvalue weighted by atomic mass is 28.4. The molecule has 0 aromatic heterocycles. The molecule has 19 heavy (non-hydrogen) atoms. The maximum atomic E-state index is 5.69. The fourth-order valence-electron chi connectivity index (χ4n) is 3.06. The van der Waals surface area contributed by atoms with Gasteiger partial charge in [0.2, 0.25) is 0 Å². The molecule has 0 aromatic carbocycles. The fraction of sp³-hybridized carbons (Fsp3) is 1.00. The van der Waals surface area contributed by atoms with Crippen molar-refractivity contribution in [2.24, 2.45) is 0 Å². The van der Waals surface area contributed by atoms with Gasteiger partial charge in [0.15, 0.2) is 8.32 Å². The van der Waals surface area contributed by atoms with Crippen LogP contribution in [-0.4, -0.2) is 46.1 Å². The van der Waals surface area contributed by atoms with Crippen molar-refractivity contribution in [1.29, 1.82) is 0 Å². The highest BCUT2D eigenvalue weighted by Gasteiger charge is 2.27. The van der Waals surface area contributed by atoms with Crippen molar-refractivity contribution in [3.8, 4) is 0 Å². The molecule has 3 heteroatoms. The first-order valence-electron chi connectivity index (χ1n) is 8.35. The van der Waals surface area contributed by atoms with E-state index in [1.807, 2.05) is 7.11 Å². The Labute approximate surface area is 123 Å². The Hall–Kier alpha value is 0.137. The monoisotopic (exact) mass is 288 g/mol. The van der Waals surface area contributed by atoms with Crippen molar-refractivity contribution < 1.29 is 8.91 Å². The van der Waals surface area contributed by atoms with Gasteiger partial charge in [0.1, 0.15) is 0 Å². The van der Waals surface area contributed by atoms with E-state index >= 15 is 0 Å². The van der Waals surface area contributed by atoms with Crippen LogP contribution in [-0.2, 0) is 4.43 Å². The summed E-state index contributed by atoms with van der Waals surface area (Å²) in [6, 6.07) is 1.31. The van der Waals surface area contributed by atoms with Crippen molar-refractivity contribution >= 4 is 8.32 Å². The Morgan fingerprint density at radius 2 is 1.32 bits per heavy atom. The van der Waals surface area contributed by atoms with Crippen molar-refractivity contribution in [1.82, 2.24) is 0 Å². The van der Waals surface area contributed by atoms with E-state index in [0.29, 0.717) is 0 Å². The number of quaternary nitrogens is 1. The molecule has 0 radical (unpaired) electrons. The van der Waals surface area contributed by atoms with Gasteiger partial charge in [-0.15, -0.1) is 0 Å². The molecule has 0 aromatic rings. The van der Waals surface area contributed by atoms with Crippen LogP contribution in [0.1, 0.15) is 52.9 Å². The first-order valence-corrected chi connectivity index (χ1v) is 11.5. The molecule has 0 amide bonds. The van der Waals surface area contributed by atoms with E-state index in [1.165, 1.54) is 68.8 Å². The van der Waals surface area contributed by atoms with Crippen LogP contribution in [0, 0.1) is 0 Å². The van der Waals surface area contributed by atoms with Crippen LogP contribution in [0.15, 0.2) is 0 Å². The summed E-state index contributed by atoms with van der Waals surface area (Å²) < 4.78 is 7.04. The maximum Gasteiger partial charge on any atom is 0.186 e. The average Bonchev–Trinajstić information content (AvgIpc) is 2.37. The molecule has 0 aliphatic rings. The van der Waals surface area contributed by atoms with Crippen molar-refractivity contribution in [3.05, 3.63) is 0 Å². The number of hydrogen-bond donors (Lipinski definition) is 0. The summed E-state index contributed by atoms with van der Waals surface area (Å²) in [7, 11) is 0.528. The third kappa shape index (κ3) is 8.11. The van der Waals surface area contributed by atoms with Gasteiger partial charge in [-0.3, -0.25) is 0 Å². The van der Waals surface area contributed by atoms with Crippen LogP contribution in [0.3, 0.4) is 0 Å². The maximum absolute atomic E-state index is 5.69. The molecule has 0 spiro atoms. The number of hydrogen-bond acceptors (Lipinski definition) is 1. The molecule has 0 bridgehead atoms. The lowest BCUT2D eigenvalue weighted by molar-refractivity contribution is -0.928. The topological polar surface area (TPSA) is 9.23 Å². The second-order valence-corrected chi connectivity index (χ2v) is 11.1. The van der Waals surface area contributed by atoms with E-state index in [2.05, 4.69) is 33.9 Å². The average molecular weight is 289 g/mol. The van der Waals surface area contributed by atoms with E-state index in [9.17, 15) is 0 Å². The van der Waals surface area contributed by atoms with E-state index in [-0.39, 0.29) is 0 Å². The molecular formula is C16H38NOSi+. The zero-order chi connectivity index (χ0) is 14.8. The second-order valence-electron chi connectivity index (χ2n) is 6.66. The van der Waals surface area contributed by atoms with E-state index in [1.54, 1.807) is 0 Å². The quantitative estimate of drug-likeness (QED) is 0.375. The highest BCUT2D eigenvalue weighted by Crippen LogP contribution is 2.18. The Morgan fingerprint density at radius 1 is 0.789 bits per heavy atom. The molecule has 0 atom stereocenters. The summed E-state index contributed by atoms with van der Waals surface area (Å²) in [5.41, 5.74) is 0. The molecule has 0 heterocycles.